The first-order valence-corrected chi connectivity index (χ1v) is 20.4. The van der Waals surface area contributed by atoms with Crippen LogP contribution in [0.25, 0.3) is 22.1 Å². The summed E-state index contributed by atoms with van der Waals surface area (Å²) in [5.74, 6) is 2.12. The van der Waals surface area contributed by atoms with E-state index in [1.807, 2.05) is 36.4 Å². The van der Waals surface area contributed by atoms with Crippen molar-refractivity contribution in [3.05, 3.63) is 97.1 Å². The molecule has 4 atom stereocenters. The first kappa shape index (κ1) is 45.1. The van der Waals surface area contributed by atoms with Crippen LogP contribution in [0.1, 0.15) is 99.6 Å². The van der Waals surface area contributed by atoms with Gasteiger partial charge < -0.3 is 29.2 Å². The SMILES string of the molecule is C.C[C@@H]1C[C@H](n2c(Nc3ccc(OC(F)(F)F)cc3)nc3ccccc32)CC(C)(C)C1.C[C@H]1C[C@@H](n2c(Nc3ccc(OC(F)(F)F)cc3)nc3ccccc32)CC(C)(C)C1. The molecular weight excluding hydrogens is 795 g/mol. The minimum absolute atomic E-state index is 0. The topological polar surface area (TPSA) is 78.2 Å². The highest BCUT2D eigenvalue weighted by molar-refractivity contribution is 5.81. The standard InChI is InChI=1S/2C23H26F3N3O.CH4/c2*1-15-12-17(14-22(2,3)13-15)29-20-7-5-4-6-19(20)28-21(29)27-16-8-10-18(11-9-16)30-23(24,25)26;/h2*4-11,15,17H,12-14H2,1-3H3,(H,27,28);1H4/t2*15-,17+;/m10./s1. The van der Waals surface area contributed by atoms with E-state index in [1.54, 1.807) is 24.3 Å². The van der Waals surface area contributed by atoms with Gasteiger partial charge in [-0.05, 0) is 134 Å². The Morgan fingerprint density at radius 3 is 1.21 bits per heavy atom. The molecule has 328 valence electrons. The molecule has 4 aromatic carbocycles. The third kappa shape index (κ3) is 11.5. The Balaban J connectivity index is 0.000000201. The van der Waals surface area contributed by atoms with Crippen molar-refractivity contribution in [3.63, 3.8) is 0 Å². The molecule has 14 heteroatoms. The van der Waals surface area contributed by atoms with E-state index < -0.39 is 12.7 Å². The molecule has 0 aliphatic heterocycles. The Hall–Kier alpha value is -5.40. The lowest BCUT2D eigenvalue weighted by molar-refractivity contribution is -0.275. The number of fused-ring (bicyclic) bond motifs is 2. The highest BCUT2D eigenvalue weighted by Gasteiger charge is 2.37. The summed E-state index contributed by atoms with van der Waals surface area (Å²) in [5.41, 5.74) is 5.71. The number of alkyl halides is 6. The van der Waals surface area contributed by atoms with Gasteiger partial charge in [0.25, 0.3) is 0 Å². The van der Waals surface area contributed by atoms with Crippen LogP contribution >= 0.6 is 0 Å². The van der Waals surface area contributed by atoms with Crippen molar-refractivity contribution in [2.75, 3.05) is 10.6 Å². The number of benzene rings is 4. The summed E-state index contributed by atoms with van der Waals surface area (Å²) in [6.07, 6.45) is -2.79. The molecule has 2 aliphatic carbocycles. The number of rotatable bonds is 8. The first-order valence-electron chi connectivity index (χ1n) is 20.4. The van der Waals surface area contributed by atoms with Gasteiger partial charge in [-0.3, -0.25) is 0 Å². The molecule has 8 rings (SSSR count). The average Bonchev–Trinajstić information content (AvgIpc) is 3.68. The number of aromatic nitrogens is 4. The second kappa shape index (κ2) is 17.5. The summed E-state index contributed by atoms with van der Waals surface area (Å²) >= 11 is 0. The van der Waals surface area contributed by atoms with Crippen molar-refractivity contribution < 1.29 is 35.8 Å². The minimum atomic E-state index is -4.70. The molecule has 8 nitrogen and oxygen atoms in total. The third-order valence-corrected chi connectivity index (χ3v) is 11.3. The lowest BCUT2D eigenvalue weighted by Gasteiger charge is -2.40. The molecule has 0 unspecified atom stereocenters. The number of anilines is 4. The number of para-hydroxylation sites is 4. The Bertz CT molecular complexity index is 2220. The zero-order chi connectivity index (χ0) is 43.0. The van der Waals surface area contributed by atoms with Crippen molar-refractivity contribution in [2.45, 2.75) is 112 Å². The van der Waals surface area contributed by atoms with Gasteiger partial charge in [-0.15, -0.1) is 26.3 Å². The van der Waals surface area contributed by atoms with Gasteiger partial charge in [0, 0.05) is 23.5 Å². The molecule has 0 spiro atoms. The van der Waals surface area contributed by atoms with Gasteiger partial charge in [0.15, 0.2) is 0 Å². The molecule has 0 saturated heterocycles. The lowest BCUT2D eigenvalue weighted by atomic mass is 9.70. The molecule has 2 aromatic heterocycles. The van der Waals surface area contributed by atoms with Gasteiger partial charge in [-0.2, -0.15) is 0 Å². The fourth-order valence-corrected chi connectivity index (χ4v) is 9.73. The Labute approximate surface area is 353 Å². The summed E-state index contributed by atoms with van der Waals surface area (Å²) < 4.78 is 86.9. The van der Waals surface area contributed by atoms with E-state index in [0.717, 1.165) is 47.8 Å². The predicted octanol–water partition coefficient (Wildman–Crippen LogP) is 14.8. The molecule has 0 radical (unpaired) electrons. The third-order valence-electron chi connectivity index (χ3n) is 11.3. The van der Waals surface area contributed by atoms with Crippen molar-refractivity contribution >= 4 is 45.3 Å². The smallest absolute Gasteiger partial charge is 0.406 e. The molecular formula is C47H56F6N6O2. The molecule has 2 heterocycles. The van der Waals surface area contributed by atoms with E-state index in [2.05, 4.69) is 82.9 Å². The van der Waals surface area contributed by atoms with E-state index in [-0.39, 0.29) is 29.8 Å². The first-order chi connectivity index (χ1) is 28.2. The number of ether oxygens (including phenoxy) is 2. The summed E-state index contributed by atoms with van der Waals surface area (Å²) in [4.78, 5) is 9.56. The van der Waals surface area contributed by atoms with Crippen LogP contribution < -0.4 is 20.1 Å². The van der Waals surface area contributed by atoms with E-state index >= 15 is 0 Å². The predicted molar refractivity (Wildman–Crippen MR) is 231 cm³/mol. The summed E-state index contributed by atoms with van der Waals surface area (Å²) in [7, 11) is 0. The number of hydrogen-bond acceptors (Lipinski definition) is 6. The van der Waals surface area contributed by atoms with E-state index in [9.17, 15) is 26.3 Å². The van der Waals surface area contributed by atoms with Crippen molar-refractivity contribution in [1.29, 1.82) is 0 Å². The van der Waals surface area contributed by atoms with Gasteiger partial charge >= 0.3 is 12.7 Å². The molecule has 2 saturated carbocycles. The van der Waals surface area contributed by atoms with Gasteiger partial charge in [-0.25, -0.2) is 9.97 Å². The zero-order valence-electron chi connectivity index (χ0n) is 34.7. The van der Waals surface area contributed by atoms with Crippen LogP contribution in [0, 0.1) is 22.7 Å². The fraction of sp³-hybridized carbons (Fsp3) is 0.447. The van der Waals surface area contributed by atoms with Crippen LogP contribution in [0.2, 0.25) is 0 Å². The van der Waals surface area contributed by atoms with Crippen molar-refractivity contribution in [3.8, 4) is 11.5 Å². The van der Waals surface area contributed by atoms with Crippen molar-refractivity contribution in [2.24, 2.45) is 22.7 Å². The molecule has 2 fully saturated rings. The van der Waals surface area contributed by atoms with E-state index in [0.29, 0.717) is 47.2 Å². The van der Waals surface area contributed by atoms with Crippen LogP contribution in [0.15, 0.2) is 97.1 Å². The molecule has 0 bridgehead atoms. The second-order valence-electron chi connectivity index (χ2n) is 18.1. The Morgan fingerprint density at radius 1 is 0.541 bits per heavy atom. The maximum atomic E-state index is 12.4. The summed E-state index contributed by atoms with van der Waals surface area (Å²) in [6.45, 7) is 13.8. The van der Waals surface area contributed by atoms with Gasteiger partial charge in [0.2, 0.25) is 11.9 Å². The summed E-state index contributed by atoms with van der Waals surface area (Å²) in [6, 6.07) is 28.1. The zero-order valence-corrected chi connectivity index (χ0v) is 34.7. The molecule has 6 aromatic rings. The molecule has 0 amide bonds. The van der Waals surface area contributed by atoms with Crippen molar-refractivity contribution in [1.82, 2.24) is 19.1 Å². The van der Waals surface area contributed by atoms with Gasteiger partial charge in [0.1, 0.15) is 11.5 Å². The molecule has 2 N–H and O–H groups in total. The fourth-order valence-electron chi connectivity index (χ4n) is 9.73. The van der Waals surface area contributed by atoms with E-state index in [1.165, 1.54) is 37.1 Å². The normalized spacial score (nSPS) is 21.2. The van der Waals surface area contributed by atoms with Crippen LogP contribution in [-0.2, 0) is 0 Å². The second-order valence-corrected chi connectivity index (χ2v) is 18.1. The minimum Gasteiger partial charge on any atom is -0.406 e. The lowest BCUT2D eigenvalue weighted by Crippen LogP contribution is -2.29. The largest absolute Gasteiger partial charge is 0.573 e. The number of halogens is 6. The maximum absolute atomic E-state index is 12.4. The Kier molecular flexibility index (Phi) is 13.0. The van der Waals surface area contributed by atoms with Gasteiger partial charge in [0.05, 0.1) is 22.1 Å². The van der Waals surface area contributed by atoms with Gasteiger partial charge in [-0.1, -0.05) is 73.2 Å². The summed E-state index contributed by atoms with van der Waals surface area (Å²) in [5, 5.41) is 6.61. The number of nitrogens with zero attached hydrogens (tertiary/aromatic N) is 4. The highest BCUT2D eigenvalue weighted by Crippen LogP contribution is 2.47. The quantitative estimate of drug-likeness (QED) is 0.149. The Morgan fingerprint density at radius 2 is 0.885 bits per heavy atom. The monoisotopic (exact) mass is 850 g/mol. The molecule has 61 heavy (non-hydrogen) atoms. The van der Waals surface area contributed by atoms with Crippen LogP contribution in [-0.4, -0.2) is 31.8 Å². The van der Waals surface area contributed by atoms with Crippen LogP contribution in [0.4, 0.5) is 49.6 Å². The van der Waals surface area contributed by atoms with E-state index in [4.69, 9.17) is 9.97 Å². The number of imidazole rings is 2. The average molecular weight is 851 g/mol. The van der Waals surface area contributed by atoms with Crippen LogP contribution in [0.3, 0.4) is 0 Å². The molecule has 2 aliphatic rings. The number of nitrogens with one attached hydrogen (secondary N) is 2. The highest BCUT2D eigenvalue weighted by atomic mass is 19.4. The van der Waals surface area contributed by atoms with Crippen LogP contribution in [0.5, 0.6) is 11.5 Å². The number of hydrogen-bond donors (Lipinski definition) is 2. The maximum Gasteiger partial charge on any atom is 0.573 e.